The van der Waals surface area contributed by atoms with Gasteiger partial charge >= 0.3 is 0 Å². The average Bonchev–Trinajstić information content (AvgIpc) is 2.59. The molecule has 0 bridgehead atoms. The molecule has 0 atom stereocenters. The molecule has 1 aromatic carbocycles. The molecule has 0 spiro atoms. The average molecular weight is 321 g/mol. The Balaban J connectivity index is 2.42. The van der Waals surface area contributed by atoms with Gasteiger partial charge in [-0.25, -0.2) is 4.98 Å². The van der Waals surface area contributed by atoms with E-state index in [9.17, 15) is 0 Å². The molecule has 0 aliphatic heterocycles. The summed E-state index contributed by atoms with van der Waals surface area (Å²) in [5.41, 5.74) is 13.0. The zero-order valence-corrected chi connectivity index (χ0v) is 14.2. The zero-order chi connectivity index (χ0) is 17.3. The van der Waals surface area contributed by atoms with Crippen LogP contribution in [0.15, 0.2) is 18.3 Å². The molecular weight excluding hydrogens is 298 g/mol. The number of benzene rings is 1. The van der Waals surface area contributed by atoms with E-state index in [1.165, 1.54) is 17.3 Å². The molecule has 5 nitrogen and oxygen atoms in total. The highest BCUT2D eigenvalue weighted by Crippen LogP contribution is 2.36. The van der Waals surface area contributed by atoms with Crippen molar-refractivity contribution >= 4 is 34.1 Å². The number of allylic oxidation sites excluding steroid dienone is 1. The number of nitrogens with one attached hydrogen (secondary N) is 3. The van der Waals surface area contributed by atoms with Gasteiger partial charge in [0.1, 0.15) is 0 Å². The van der Waals surface area contributed by atoms with Crippen LogP contribution in [-0.4, -0.2) is 24.0 Å². The SMILES string of the molecule is CN/C=C(\C(C)=N)c1nc2ccc(N)c(C=N)c2c2c1CCCC2. The van der Waals surface area contributed by atoms with Crippen molar-refractivity contribution in [2.24, 2.45) is 0 Å². The number of pyridine rings is 1. The van der Waals surface area contributed by atoms with E-state index >= 15 is 0 Å². The van der Waals surface area contributed by atoms with Crippen molar-refractivity contribution in [2.75, 3.05) is 12.8 Å². The Morgan fingerprint density at radius 3 is 2.58 bits per heavy atom. The van der Waals surface area contributed by atoms with Crippen LogP contribution in [0.1, 0.15) is 42.1 Å². The molecule has 0 radical (unpaired) electrons. The van der Waals surface area contributed by atoms with Crippen molar-refractivity contribution in [1.29, 1.82) is 10.8 Å². The van der Waals surface area contributed by atoms with Gasteiger partial charge in [0.2, 0.25) is 0 Å². The second kappa shape index (κ2) is 6.43. The van der Waals surface area contributed by atoms with Crippen LogP contribution in [0.5, 0.6) is 0 Å². The van der Waals surface area contributed by atoms with Gasteiger partial charge in [0.25, 0.3) is 0 Å². The van der Waals surface area contributed by atoms with Crippen LogP contribution < -0.4 is 11.1 Å². The Morgan fingerprint density at radius 1 is 1.25 bits per heavy atom. The highest BCUT2D eigenvalue weighted by atomic mass is 14.8. The lowest BCUT2D eigenvalue weighted by atomic mass is 9.84. The van der Waals surface area contributed by atoms with E-state index in [-0.39, 0.29) is 0 Å². The van der Waals surface area contributed by atoms with Crippen molar-refractivity contribution in [3.05, 3.63) is 40.7 Å². The number of fused-ring (bicyclic) bond motifs is 3. The van der Waals surface area contributed by atoms with Gasteiger partial charge in [0.15, 0.2) is 0 Å². The van der Waals surface area contributed by atoms with Crippen molar-refractivity contribution in [1.82, 2.24) is 10.3 Å². The molecule has 1 aromatic heterocycles. The van der Waals surface area contributed by atoms with E-state index in [0.717, 1.165) is 53.4 Å². The first-order valence-electron chi connectivity index (χ1n) is 8.26. The number of hydrogen-bond donors (Lipinski definition) is 4. The standard InChI is InChI=1S/C19H23N5/c1-11(21)15(10-23-2)19-13-6-4-3-5-12(13)18-14(9-20)16(22)7-8-17(18)24-19/h7-10,20-21,23H,3-6,22H2,1-2H3/b15-10+,20-9?,21-11?. The number of rotatable bonds is 4. The molecule has 0 saturated heterocycles. The fourth-order valence-electron chi connectivity index (χ4n) is 3.54. The molecular formula is C19H23N5. The van der Waals surface area contributed by atoms with E-state index in [1.807, 2.05) is 25.4 Å². The number of nitrogens with zero attached hydrogens (tertiary/aromatic N) is 1. The first-order chi connectivity index (χ1) is 11.6. The summed E-state index contributed by atoms with van der Waals surface area (Å²) in [6.45, 7) is 1.79. The summed E-state index contributed by atoms with van der Waals surface area (Å²) in [6.07, 6.45) is 7.36. The van der Waals surface area contributed by atoms with E-state index in [1.54, 1.807) is 6.92 Å². The first-order valence-corrected chi connectivity index (χ1v) is 8.26. The van der Waals surface area contributed by atoms with E-state index in [4.69, 9.17) is 21.5 Å². The van der Waals surface area contributed by atoms with Gasteiger partial charge in [0, 0.05) is 47.4 Å². The Morgan fingerprint density at radius 2 is 1.96 bits per heavy atom. The first kappa shape index (κ1) is 16.2. The van der Waals surface area contributed by atoms with Gasteiger partial charge in [0.05, 0.1) is 11.2 Å². The maximum absolute atomic E-state index is 8.13. The Labute approximate surface area is 142 Å². The van der Waals surface area contributed by atoms with Gasteiger partial charge in [-0.05, 0) is 55.9 Å². The lowest BCUT2D eigenvalue weighted by Crippen LogP contribution is -2.14. The summed E-state index contributed by atoms with van der Waals surface area (Å²) in [5, 5.41) is 19.9. The monoisotopic (exact) mass is 321 g/mol. The van der Waals surface area contributed by atoms with E-state index < -0.39 is 0 Å². The third kappa shape index (κ3) is 2.56. The lowest BCUT2D eigenvalue weighted by Gasteiger charge is -2.23. The second-order valence-electron chi connectivity index (χ2n) is 6.20. The van der Waals surface area contributed by atoms with Gasteiger partial charge in [-0.3, -0.25) is 0 Å². The molecule has 1 aliphatic carbocycles. The smallest absolute Gasteiger partial charge is 0.0776 e. The largest absolute Gasteiger partial charge is 0.398 e. The molecule has 0 amide bonds. The summed E-state index contributed by atoms with van der Waals surface area (Å²) < 4.78 is 0. The molecule has 3 rings (SSSR count). The molecule has 0 saturated carbocycles. The maximum atomic E-state index is 8.13. The minimum absolute atomic E-state index is 0.492. The third-order valence-electron chi connectivity index (χ3n) is 4.64. The molecule has 5 N–H and O–H groups in total. The van der Waals surface area contributed by atoms with Crippen molar-refractivity contribution in [2.45, 2.75) is 32.6 Å². The summed E-state index contributed by atoms with van der Waals surface area (Å²) in [6, 6.07) is 3.74. The number of nitrogen functional groups attached to an aromatic ring is 1. The fraction of sp³-hybridized carbons (Fsp3) is 0.316. The molecule has 1 heterocycles. The molecule has 2 aromatic rings. The fourth-order valence-corrected chi connectivity index (χ4v) is 3.54. The molecule has 24 heavy (non-hydrogen) atoms. The van der Waals surface area contributed by atoms with Crippen LogP contribution in [0.4, 0.5) is 5.69 Å². The van der Waals surface area contributed by atoms with Crippen LogP contribution in [0.2, 0.25) is 0 Å². The van der Waals surface area contributed by atoms with Crippen LogP contribution >= 0.6 is 0 Å². The number of anilines is 1. The lowest BCUT2D eigenvalue weighted by molar-refractivity contribution is 0.686. The molecule has 5 heteroatoms. The van der Waals surface area contributed by atoms with Gasteiger partial charge < -0.3 is 21.9 Å². The quantitative estimate of drug-likeness (QED) is 0.513. The minimum Gasteiger partial charge on any atom is -0.398 e. The number of nitrogens with two attached hydrogens (primary N) is 1. The number of aryl methyl sites for hydroxylation is 1. The summed E-state index contributed by atoms with van der Waals surface area (Å²) in [4.78, 5) is 4.87. The van der Waals surface area contributed by atoms with Gasteiger partial charge in [-0.2, -0.15) is 0 Å². The topological polar surface area (TPSA) is 98.6 Å². The van der Waals surface area contributed by atoms with Gasteiger partial charge in [-0.1, -0.05) is 0 Å². The van der Waals surface area contributed by atoms with Crippen LogP contribution in [0.3, 0.4) is 0 Å². The summed E-state index contributed by atoms with van der Waals surface area (Å²) >= 11 is 0. The highest BCUT2D eigenvalue weighted by Gasteiger charge is 2.23. The summed E-state index contributed by atoms with van der Waals surface area (Å²) in [5.74, 6) is 0. The minimum atomic E-state index is 0.492. The van der Waals surface area contributed by atoms with Crippen molar-refractivity contribution in [3.63, 3.8) is 0 Å². The zero-order valence-electron chi connectivity index (χ0n) is 14.2. The normalized spacial score (nSPS) is 14.3. The number of aromatic nitrogens is 1. The predicted octanol–water partition coefficient (Wildman–Crippen LogP) is 3.29. The van der Waals surface area contributed by atoms with Gasteiger partial charge in [-0.15, -0.1) is 0 Å². The second-order valence-corrected chi connectivity index (χ2v) is 6.20. The molecule has 124 valence electrons. The van der Waals surface area contributed by atoms with E-state index in [0.29, 0.717) is 11.4 Å². The highest BCUT2D eigenvalue weighted by molar-refractivity contribution is 6.21. The van der Waals surface area contributed by atoms with Crippen molar-refractivity contribution in [3.8, 4) is 0 Å². The molecule has 1 aliphatic rings. The van der Waals surface area contributed by atoms with Crippen LogP contribution in [0.25, 0.3) is 16.5 Å². The van der Waals surface area contributed by atoms with Crippen LogP contribution in [-0.2, 0) is 12.8 Å². The molecule has 0 unspecified atom stereocenters. The van der Waals surface area contributed by atoms with Crippen LogP contribution in [0, 0.1) is 10.8 Å². The Hall–Kier alpha value is -2.69. The molecule has 0 fully saturated rings. The summed E-state index contributed by atoms with van der Waals surface area (Å²) in [7, 11) is 1.84. The Kier molecular flexibility index (Phi) is 4.34. The van der Waals surface area contributed by atoms with Crippen molar-refractivity contribution < 1.29 is 0 Å². The maximum Gasteiger partial charge on any atom is 0.0776 e. The predicted molar refractivity (Wildman–Crippen MR) is 101 cm³/mol. The number of hydrogen-bond acceptors (Lipinski definition) is 5. The Bertz CT molecular complexity index is 864. The van der Waals surface area contributed by atoms with E-state index in [2.05, 4.69) is 5.32 Å². The third-order valence-corrected chi connectivity index (χ3v) is 4.64.